The first-order valence-electron chi connectivity index (χ1n) is 11.8. The van der Waals surface area contributed by atoms with Crippen LogP contribution in [-0.2, 0) is 20.1 Å². The van der Waals surface area contributed by atoms with Gasteiger partial charge in [-0.15, -0.1) is 0 Å². The Kier molecular flexibility index (Phi) is 8.88. The van der Waals surface area contributed by atoms with Crippen LogP contribution in [0.3, 0.4) is 0 Å². The molecule has 0 saturated heterocycles. The van der Waals surface area contributed by atoms with Gasteiger partial charge in [0.15, 0.2) is 0 Å². The first-order chi connectivity index (χ1) is 16.5. The number of hydrogen-bond acceptors (Lipinski definition) is 3. The van der Waals surface area contributed by atoms with E-state index >= 15 is 0 Å². The molecule has 0 spiro atoms. The maximum atomic E-state index is 11.6. The summed E-state index contributed by atoms with van der Waals surface area (Å²) in [4.78, 5) is 11.6. The van der Waals surface area contributed by atoms with Gasteiger partial charge in [0.1, 0.15) is 5.75 Å². The van der Waals surface area contributed by atoms with Crippen molar-refractivity contribution in [3.05, 3.63) is 89.6 Å². The summed E-state index contributed by atoms with van der Waals surface area (Å²) in [5.74, 6) is -0.00678. The third kappa shape index (κ3) is 6.06. The lowest BCUT2D eigenvalue weighted by Gasteiger charge is -2.11. The van der Waals surface area contributed by atoms with E-state index in [1.807, 2.05) is 37.3 Å². The van der Waals surface area contributed by atoms with Gasteiger partial charge in [-0.1, -0.05) is 62.7 Å². The van der Waals surface area contributed by atoms with Crippen LogP contribution >= 0.6 is 0 Å². The summed E-state index contributed by atoms with van der Waals surface area (Å²) in [6, 6.07) is 21.5. The molecule has 34 heavy (non-hydrogen) atoms. The minimum Gasteiger partial charge on any atom is -0.493 e. The molecular weight excluding hydrogens is 424 g/mol. The number of fused-ring (bicyclic) bond motifs is 1. The second-order valence-corrected chi connectivity index (χ2v) is 8.31. The topological polar surface area (TPSA) is 77.5 Å². The van der Waals surface area contributed by atoms with Crippen LogP contribution in [0.25, 0.3) is 22.0 Å². The first kappa shape index (κ1) is 25.1. The number of benzene rings is 3. The second-order valence-electron chi connectivity index (χ2n) is 8.31. The molecule has 0 unspecified atom stereocenters. The van der Waals surface area contributed by atoms with Gasteiger partial charge in [-0.3, -0.25) is 4.79 Å². The van der Waals surface area contributed by atoms with E-state index in [0.29, 0.717) is 17.9 Å². The Morgan fingerprint density at radius 1 is 0.971 bits per heavy atom. The van der Waals surface area contributed by atoms with Crippen LogP contribution < -0.4 is 10.5 Å². The number of carbonyl (C=O) groups excluding carboxylic acids is 1. The minimum absolute atomic E-state index is 0.0196. The number of aryl methyl sites for hydroxylation is 2. The van der Waals surface area contributed by atoms with Crippen LogP contribution in [0.5, 0.6) is 5.75 Å². The van der Waals surface area contributed by atoms with Crippen LogP contribution in [0.4, 0.5) is 0 Å². The SMILES string of the molecule is CCCOc1ccc(-c2cccc(CO)c2)cc1C(N)=O.CCCc1cn(C)c2ccccc12. The maximum Gasteiger partial charge on any atom is 0.252 e. The largest absolute Gasteiger partial charge is 0.493 e. The smallest absolute Gasteiger partial charge is 0.252 e. The Hall–Kier alpha value is -3.57. The zero-order chi connectivity index (χ0) is 24.5. The van der Waals surface area contributed by atoms with E-state index in [1.165, 1.54) is 29.3 Å². The highest BCUT2D eigenvalue weighted by Crippen LogP contribution is 2.27. The number of ether oxygens (including phenoxy) is 1. The van der Waals surface area contributed by atoms with Gasteiger partial charge in [-0.25, -0.2) is 0 Å². The summed E-state index contributed by atoms with van der Waals surface area (Å²) in [5.41, 5.74) is 11.2. The average Bonchev–Trinajstić information content (AvgIpc) is 3.18. The van der Waals surface area contributed by atoms with Gasteiger partial charge in [0.2, 0.25) is 0 Å². The summed E-state index contributed by atoms with van der Waals surface area (Å²) in [7, 11) is 2.11. The van der Waals surface area contributed by atoms with Crippen molar-refractivity contribution >= 4 is 16.8 Å². The molecule has 178 valence electrons. The van der Waals surface area contributed by atoms with Crippen molar-refractivity contribution in [1.29, 1.82) is 0 Å². The Morgan fingerprint density at radius 3 is 2.44 bits per heavy atom. The molecule has 0 aliphatic heterocycles. The fourth-order valence-electron chi connectivity index (χ4n) is 3.98. The van der Waals surface area contributed by atoms with E-state index in [0.717, 1.165) is 23.1 Å². The van der Waals surface area contributed by atoms with Crippen molar-refractivity contribution in [3.8, 4) is 16.9 Å². The Labute approximate surface area is 201 Å². The highest BCUT2D eigenvalue weighted by Gasteiger charge is 2.11. The molecule has 0 aliphatic carbocycles. The number of aromatic nitrogens is 1. The fourth-order valence-corrected chi connectivity index (χ4v) is 3.98. The molecule has 4 aromatic rings. The molecule has 0 fully saturated rings. The highest BCUT2D eigenvalue weighted by atomic mass is 16.5. The van der Waals surface area contributed by atoms with E-state index in [1.54, 1.807) is 12.1 Å². The molecule has 0 saturated carbocycles. The number of amides is 1. The number of carbonyl (C=O) groups is 1. The molecule has 0 aliphatic rings. The predicted molar refractivity (Wildman–Crippen MR) is 139 cm³/mol. The third-order valence-corrected chi connectivity index (χ3v) is 5.65. The number of hydrogen-bond donors (Lipinski definition) is 2. The van der Waals surface area contributed by atoms with Crippen molar-refractivity contribution in [3.63, 3.8) is 0 Å². The Bertz CT molecular complexity index is 1240. The lowest BCUT2D eigenvalue weighted by molar-refractivity contribution is 0.0996. The molecule has 3 aromatic carbocycles. The van der Waals surface area contributed by atoms with Gasteiger partial charge in [0, 0.05) is 24.1 Å². The van der Waals surface area contributed by atoms with Crippen LogP contribution in [-0.4, -0.2) is 22.2 Å². The molecule has 1 aromatic heterocycles. The van der Waals surface area contributed by atoms with Crippen molar-refractivity contribution in [2.24, 2.45) is 12.8 Å². The monoisotopic (exact) mass is 458 g/mol. The van der Waals surface area contributed by atoms with Crippen LogP contribution in [0.1, 0.15) is 48.2 Å². The zero-order valence-electron chi connectivity index (χ0n) is 20.3. The van der Waals surface area contributed by atoms with Gasteiger partial charge in [-0.2, -0.15) is 0 Å². The number of aliphatic hydroxyl groups is 1. The van der Waals surface area contributed by atoms with Crippen molar-refractivity contribution in [2.45, 2.75) is 39.7 Å². The van der Waals surface area contributed by atoms with Gasteiger partial charge in [0.25, 0.3) is 5.91 Å². The van der Waals surface area contributed by atoms with Crippen molar-refractivity contribution in [1.82, 2.24) is 4.57 Å². The van der Waals surface area contributed by atoms with Crippen LogP contribution in [0.15, 0.2) is 72.9 Å². The summed E-state index contributed by atoms with van der Waals surface area (Å²) in [6.45, 7) is 4.74. The number of nitrogens with two attached hydrogens (primary N) is 1. The zero-order valence-corrected chi connectivity index (χ0v) is 20.3. The lowest BCUT2D eigenvalue weighted by Crippen LogP contribution is -2.13. The number of para-hydroxylation sites is 1. The average molecular weight is 459 g/mol. The molecule has 1 heterocycles. The number of nitrogens with zero attached hydrogens (tertiary/aromatic N) is 1. The normalized spacial score (nSPS) is 10.6. The standard InChI is InChI=1S/C17H19NO3.C12H15N/c1-2-8-21-16-7-6-14(10-15(16)17(18)20)13-5-3-4-12(9-13)11-19;1-3-6-10-9-13(2)12-8-5-4-7-11(10)12/h3-7,9-10,19H,2,8,11H2,1H3,(H2,18,20);4-5,7-9H,3,6H2,1-2H3. The van der Waals surface area contributed by atoms with Gasteiger partial charge in [-0.05, 0) is 59.4 Å². The molecule has 4 rings (SSSR count). The predicted octanol–water partition coefficient (Wildman–Crippen LogP) is 5.86. The van der Waals surface area contributed by atoms with E-state index in [2.05, 4.69) is 49.0 Å². The minimum atomic E-state index is -0.513. The molecule has 3 N–H and O–H groups in total. The van der Waals surface area contributed by atoms with Gasteiger partial charge >= 0.3 is 0 Å². The summed E-state index contributed by atoms with van der Waals surface area (Å²) >= 11 is 0. The highest BCUT2D eigenvalue weighted by molar-refractivity contribution is 5.97. The summed E-state index contributed by atoms with van der Waals surface area (Å²) in [5, 5.41) is 10.6. The molecule has 0 atom stereocenters. The molecular formula is C29H34N2O3. The van der Waals surface area contributed by atoms with E-state index in [4.69, 9.17) is 10.5 Å². The summed E-state index contributed by atoms with van der Waals surface area (Å²) < 4.78 is 7.75. The van der Waals surface area contributed by atoms with Gasteiger partial charge in [0.05, 0.1) is 18.8 Å². The van der Waals surface area contributed by atoms with Gasteiger partial charge < -0.3 is 20.1 Å². The van der Waals surface area contributed by atoms with Crippen LogP contribution in [0.2, 0.25) is 0 Å². The van der Waals surface area contributed by atoms with E-state index in [-0.39, 0.29) is 6.61 Å². The summed E-state index contributed by atoms with van der Waals surface area (Å²) in [6.07, 6.45) is 5.50. The lowest BCUT2D eigenvalue weighted by atomic mass is 10.0. The number of rotatable bonds is 8. The Balaban J connectivity index is 0.000000212. The van der Waals surface area contributed by atoms with Crippen LogP contribution in [0, 0.1) is 0 Å². The molecule has 5 nitrogen and oxygen atoms in total. The molecule has 5 heteroatoms. The van der Waals surface area contributed by atoms with Crippen molar-refractivity contribution in [2.75, 3.05) is 6.61 Å². The second kappa shape index (κ2) is 12.1. The third-order valence-electron chi connectivity index (χ3n) is 5.65. The first-order valence-corrected chi connectivity index (χ1v) is 11.8. The number of primary amides is 1. The molecule has 0 bridgehead atoms. The van der Waals surface area contributed by atoms with E-state index < -0.39 is 5.91 Å². The van der Waals surface area contributed by atoms with E-state index in [9.17, 15) is 9.90 Å². The fraction of sp³-hybridized carbons (Fsp3) is 0.276. The molecule has 0 radical (unpaired) electrons. The quantitative estimate of drug-likeness (QED) is 0.347. The van der Waals surface area contributed by atoms with Crippen molar-refractivity contribution < 1.29 is 14.6 Å². The Morgan fingerprint density at radius 2 is 1.74 bits per heavy atom. The molecule has 1 amide bonds. The maximum absolute atomic E-state index is 11.6. The number of aliphatic hydroxyl groups excluding tert-OH is 1.